The second kappa shape index (κ2) is 10.0. The molecule has 2 aromatic carbocycles. The largest absolute Gasteiger partial charge is 0.455 e. The van der Waals surface area contributed by atoms with Crippen molar-refractivity contribution >= 4 is 17.3 Å². The Bertz CT molecular complexity index is 1080. The Labute approximate surface area is 196 Å². The number of carbonyl (C=O) groups is 1. The molecule has 1 N–H and O–H groups in total. The van der Waals surface area contributed by atoms with Gasteiger partial charge in [-0.15, -0.1) is 0 Å². The average molecular weight is 445 g/mol. The van der Waals surface area contributed by atoms with Crippen LogP contribution < -0.4 is 15.0 Å². The van der Waals surface area contributed by atoms with E-state index in [0.717, 1.165) is 30.1 Å². The number of hydrogen-bond donors (Lipinski definition) is 1. The molecule has 1 atom stereocenters. The van der Waals surface area contributed by atoms with Crippen molar-refractivity contribution in [2.45, 2.75) is 32.2 Å². The zero-order chi connectivity index (χ0) is 23.4. The van der Waals surface area contributed by atoms with E-state index in [-0.39, 0.29) is 11.8 Å². The summed E-state index contributed by atoms with van der Waals surface area (Å²) in [6, 6.07) is 18.0. The molecule has 0 saturated carbocycles. The standard InChI is InChI=1S/C27H32N4O2/c1-19(2)25-16-20(7-12-26(25)33-24-6-5-14-28-17-24)27(32)29-21-8-10-22(11-9-21)31-15-13-23(18-31)30(3)4/h5-12,14,16-17,19,23H,13,15,18H2,1-4H3,(H,29,32). The monoisotopic (exact) mass is 444 g/mol. The number of likely N-dealkylation sites (N-methyl/N-ethyl adjacent to an activating group) is 1. The number of pyridine rings is 1. The molecule has 0 bridgehead atoms. The summed E-state index contributed by atoms with van der Waals surface area (Å²) < 4.78 is 6.01. The Morgan fingerprint density at radius 2 is 1.94 bits per heavy atom. The maximum atomic E-state index is 12.9. The van der Waals surface area contributed by atoms with Crippen LogP contribution >= 0.6 is 0 Å². The van der Waals surface area contributed by atoms with Crippen molar-refractivity contribution in [1.29, 1.82) is 0 Å². The van der Waals surface area contributed by atoms with Gasteiger partial charge in [-0.3, -0.25) is 9.78 Å². The van der Waals surface area contributed by atoms with Crippen LogP contribution in [0.4, 0.5) is 11.4 Å². The van der Waals surface area contributed by atoms with Crippen molar-refractivity contribution in [2.24, 2.45) is 0 Å². The summed E-state index contributed by atoms with van der Waals surface area (Å²) in [5, 5.41) is 3.02. The minimum absolute atomic E-state index is 0.133. The summed E-state index contributed by atoms with van der Waals surface area (Å²) in [5.74, 6) is 1.48. The number of rotatable bonds is 7. The third-order valence-corrected chi connectivity index (χ3v) is 6.14. The lowest BCUT2D eigenvalue weighted by molar-refractivity contribution is 0.102. The van der Waals surface area contributed by atoms with Crippen molar-refractivity contribution in [3.8, 4) is 11.5 Å². The number of carbonyl (C=O) groups excluding carboxylic acids is 1. The summed E-state index contributed by atoms with van der Waals surface area (Å²) in [4.78, 5) is 21.7. The van der Waals surface area contributed by atoms with Gasteiger partial charge in [0.1, 0.15) is 11.5 Å². The predicted octanol–water partition coefficient (Wildman–Crippen LogP) is 5.39. The Hall–Kier alpha value is -3.38. The van der Waals surface area contributed by atoms with E-state index in [9.17, 15) is 4.79 Å². The number of ether oxygens (including phenoxy) is 1. The number of nitrogens with one attached hydrogen (secondary N) is 1. The van der Waals surface area contributed by atoms with Gasteiger partial charge in [0.05, 0.1) is 6.20 Å². The summed E-state index contributed by atoms with van der Waals surface area (Å²) in [5.41, 5.74) is 3.56. The van der Waals surface area contributed by atoms with Gasteiger partial charge in [0.2, 0.25) is 0 Å². The lowest BCUT2D eigenvalue weighted by atomic mass is 9.99. The Kier molecular flexibility index (Phi) is 6.94. The molecule has 0 spiro atoms. The molecule has 2 heterocycles. The number of anilines is 2. The Morgan fingerprint density at radius 3 is 2.58 bits per heavy atom. The molecule has 4 rings (SSSR count). The van der Waals surface area contributed by atoms with Crippen molar-refractivity contribution < 1.29 is 9.53 Å². The molecular weight excluding hydrogens is 412 g/mol. The first kappa shape index (κ1) is 22.8. The van der Waals surface area contributed by atoms with Gasteiger partial charge in [0, 0.05) is 42.3 Å². The molecular formula is C27H32N4O2. The lowest BCUT2D eigenvalue weighted by Crippen LogP contribution is -2.31. The van der Waals surface area contributed by atoms with E-state index in [4.69, 9.17) is 4.74 Å². The molecule has 1 amide bonds. The highest BCUT2D eigenvalue weighted by Gasteiger charge is 2.24. The molecule has 33 heavy (non-hydrogen) atoms. The van der Waals surface area contributed by atoms with Crippen LogP contribution in [-0.2, 0) is 0 Å². The number of hydrogen-bond acceptors (Lipinski definition) is 5. The van der Waals surface area contributed by atoms with Crippen LogP contribution in [-0.4, -0.2) is 49.0 Å². The quantitative estimate of drug-likeness (QED) is 0.529. The van der Waals surface area contributed by atoms with E-state index < -0.39 is 0 Å². The van der Waals surface area contributed by atoms with Crippen LogP contribution in [0.2, 0.25) is 0 Å². The molecule has 1 aliphatic rings. The minimum Gasteiger partial charge on any atom is -0.455 e. The molecule has 3 aromatic rings. The predicted molar refractivity (Wildman–Crippen MR) is 134 cm³/mol. The highest BCUT2D eigenvalue weighted by Crippen LogP contribution is 2.31. The van der Waals surface area contributed by atoms with Crippen LogP contribution in [0.1, 0.15) is 42.1 Å². The van der Waals surface area contributed by atoms with Crippen LogP contribution in [0, 0.1) is 0 Å². The topological polar surface area (TPSA) is 57.7 Å². The van der Waals surface area contributed by atoms with Gasteiger partial charge in [-0.1, -0.05) is 13.8 Å². The smallest absolute Gasteiger partial charge is 0.255 e. The van der Waals surface area contributed by atoms with Crippen LogP contribution in [0.5, 0.6) is 11.5 Å². The second-order valence-electron chi connectivity index (χ2n) is 9.05. The van der Waals surface area contributed by atoms with E-state index in [1.165, 1.54) is 12.1 Å². The first-order valence-electron chi connectivity index (χ1n) is 11.5. The van der Waals surface area contributed by atoms with Gasteiger partial charge in [-0.2, -0.15) is 0 Å². The van der Waals surface area contributed by atoms with Crippen molar-refractivity contribution in [1.82, 2.24) is 9.88 Å². The zero-order valence-electron chi connectivity index (χ0n) is 19.8. The van der Waals surface area contributed by atoms with E-state index in [1.807, 2.05) is 36.4 Å². The molecule has 1 aliphatic heterocycles. The summed E-state index contributed by atoms with van der Waals surface area (Å²) >= 11 is 0. The Balaban J connectivity index is 1.44. The maximum Gasteiger partial charge on any atom is 0.255 e. The first-order chi connectivity index (χ1) is 15.9. The number of aromatic nitrogens is 1. The van der Waals surface area contributed by atoms with E-state index in [1.54, 1.807) is 18.5 Å². The van der Waals surface area contributed by atoms with Gasteiger partial charge in [0.25, 0.3) is 5.91 Å². The van der Waals surface area contributed by atoms with E-state index in [2.05, 4.69) is 60.2 Å². The number of amides is 1. The summed E-state index contributed by atoms with van der Waals surface area (Å²) in [6.45, 7) is 6.26. The molecule has 0 aliphatic carbocycles. The number of benzene rings is 2. The van der Waals surface area contributed by atoms with Crippen molar-refractivity contribution in [2.75, 3.05) is 37.4 Å². The molecule has 1 aromatic heterocycles. The minimum atomic E-state index is -0.133. The van der Waals surface area contributed by atoms with Gasteiger partial charge in [-0.25, -0.2) is 0 Å². The van der Waals surface area contributed by atoms with Crippen LogP contribution in [0.25, 0.3) is 0 Å². The SMILES string of the molecule is CC(C)c1cc(C(=O)Nc2ccc(N3CCC(N(C)C)C3)cc2)ccc1Oc1cccnc1. The first-order valence-corrected chi connectivity index (χ1v) is 11.5. The summed E-state index contributed by atoms with van der Waals surface area (Å²) in [7, 11) is 4.27. The molecule has 1 unspecified atom stereocenters. The van der Waals surface area contributed by atoms with E-state index in [0.29, 0.717) is 17.4 Å². The van der Waals surface area contributed by atoms with Crippen molar-refractivity contribution in [3.63, 3.8) is 0 Å². The highest BCUT2D eigenvalue weighted by molar-refractivity contribution is 6.04. The van der Waals surface area contributed by atoms with E-state index >= 15 is 0 Å². The number of nitrogens with zero attached hydrogens (tertiary/aromatic N) is 3. The third-order valence-electron chi connectivity index (χ3n) is 6.14. The maximum absolute atomic E-state index is 12.9. The Morgan fingerprint density at radius 1 is 1.15 bits per heavy atom. The fourth-order valence-electron chi connectivity index (χ4n) is 4.12. The second-order valence-corrected chi connectivity index (χ2v) is 9.05. The van der Waals surface area contributed by atoms with Gasteiger partial charge in [0.15, 0.2) is 0 Å². The highest BCUT2D eigenvalue weighted by atomic mass is 16.5. The average Bonchev–Trinajstić information content (AvgIpc) is 3.31. The molecule has 1 saturated heterocycles. The normalized spacial score (nSPS) is 15.8. The summed E-state index contributed by atoms with van der Waals surface area (Å²) in [6.07, 6.45) is 4.56. The fourth-order valence-corrected chi connectivity index (χ4v) is 4.12. The van der Waals surface area contributed by atoms with Gasteiger partial charge >= 0.3 is 0 Å². The fraction of sp³-hybridized carbons (Fsp3) is 0.333. The molecule has 6 nitrogen and oxygen atoms in total. The molecule has 6 heteroatoms. The molecule has 0 radical (unpaired) electrons. The van der Waals surface area contributed by atoms with Crippen molar-refractivity contribution in [3.05, 3.63) is 78.1 Å². The zero-order valence-corrected chi connectivity index (χ0v) is 19.8. The lowest BCUT2D eigenvalue weighted by Gasteiger charge is -2.22. The van der Waals surface area contributed by atoms with Crippen LogP contribution in [0.15, 0.2) is 67.0 Å². The van der Waals surface area contributed by atoms with Gasteiger partial charge < -0.3 is 19.9 Å². The van der Waals surface area contributed by atoms with Gasteiger partial charge in [-0.05, 0) is 86.6 Å². The molecule has 1 fully saturated rings. The molecule has 172 valence electrons. The third kappa shape index (κ3) is 5.52. The van der Waals surface area contributed by atoms with Crippen LogP contribution in [0.3, 0.4) is 0 Å².